The Morgan fingerprint density at radius 1 is 0.918 bits per heavy atom. The zero-order valence-electron chi connectivity index (χ0n) is 27.4. The van der Waals surface area contributed by atoms with Gasteiger partial charge in [0.1, 0.15) is 29.3 Å². The van der Waals surface area contributed by atoms with Crippen LogP contribution in [0.3, 0.4) is 0 Å². The molecule has 252 valence electrons. The van der Waals surface area contributed by atoms with E-state index in [1.165, 1.54) is 12.1 Å². The summed E-state index contributed by atoms with van der Waals surface area (Å²) in [7, 11) is 0. The number of Topliss-reactive ketones (excluding diaryl/α,β-unsaturated/α-hetero) is 1. The van der Waals surface area contributed by atoms with Gasteiger partial charge in [-0.1, -0.05) is 12.1 Å². The van der Waals surface area contributed by atoms with Crippen LogP contribution < -0.4 is 16.4 Å². The molecule has 0 bridgehead atoms. The number of rotatable bonds is 10. The lowest BCUT2D eigenvalue weighted by atomic mass is 10.1. The Morgan fingerprint density at radius 3 is 2.39 bits per heavy atom. The Bertz CT molecular complexity index is 1930. The number of aromatic nitrogens is 1. The van der Waals surface area contributed by atoms with Gasteiger partial charge in [0.25, 0.3) is 11.8 Å². The second-order valence-corrected chi connectivity index (χ2v) is 12.3. The van der Waals surface area contributed by atoms with Crippen molar-refractivity contribution in [2.75, 3.05) is 31.5 Å². The van der Waals surface area contributed by atoms with E-state index in [2.05, 4.69) is 20.6 Å². The maximum absolute atomic E-state index is 13.8. The molecule has 2 fully saturated rings. The summed E-state index contributed by atoms with van der Waals surface area (Å²) in [5.41, 5.74) is 9.37. The number of pyridine rings is 1. The van der Waals surface area contributed by atoms with Crippen LogP contribution in [-0.4, -0.2) is 70.2 Å². The maximum atomic E-state index is 13.8. The number of aryl methyl sites for hydroxylation is 1. The van der Waals surface area contributed by atoms with E-state index in [1.54, 1.807) is 46.5 Å². The number of allylic oxidation sites excluding steroid dienone is 1. The molecular formula is C37H39N7O5. The van der Waals surface area contributed by atoms with Crippen LogP contribution in [0.25, 0.3) is 11.0 Å². The van der Waals surface area contributed by atoms with Crippen LogP contribution in [-0.2, 0) is 16.1 Å². The van der Waals surface area contributed by atoms with Crippen LogP contribution >= 0.6 is 0 Å². The lowest BCUT2D eigenvalue weighted by molar-refractivity contribution is -0.136. The van der Waals surface area contributed by atoms with Crippen molar-refractivity contribution in [2.45, 2.75) is 45.6 Å². The number of carbonyl (C=O) groups excluding carboxylic acids is 4. The Hall–Kier alpha value is -5.78. The number of ketones is 1. The van der Waals surface area contributed by atoms with E-state index in [1.807, 2.05) is 31.2 Å². The monoisotopic (exact) mass is 661 g/mol. The normalized spacial score (nSPS) is 16.4. The molecule has 2 aromatic heterocycles. The minimum atomic E-state index is -0.530. The van der Waals surface area contributed by atoms with Gasteiger partial charge in [-0.15, -0.1) is 0 Å². The summed E-state index contributed by atoms with van der Waals surface area (Å²) in [5, 5.41) is 6.87. The van der Waals surface area contributed by atoms with Crippen molar-refractivity contribution in [3.63, 3.8) is 0 Å². The summed E-state index contributed by atoms with van der Waals surface area (Å²) < 4.78 is 5.71. The highest BCUT2D eigenvalue weighted by molar-refractivity contribution is 6.39. The number of hydrogen-bond donors (Lipinski definition) is 3. The Labute approximate surface area is 284 Å². The van der Waals surface area contributed by atoms with E-state index >= 15 is 0 Å². The number of amides is 3. The fourth-order valence-corrected chi connectivity index (χ4v) is 5.97. The molecule has 0 spiro atoms. The number of fused-ring (bicyclic) bond motifs is 1. The molecule has 2 aliphatic rings. The second-order valence-electron chi connectivity index (χ2n) is 12.3. The fraction of sp³-hybridized carbons (Fsp3) is 0.297. The highest BCUT2D eigenvalue weighted by Gasteiger charge is 2.28. The van der Waals surface area contributed by atoms with Gasteiger partial charge in [0.05, 0.1) is 0 Å². The maximum Gasteiger partial charge on any atom is 0.268 e. The second kappa shape index (κ2) is 15.0. The third kappa shape index (κ3) is 8.03. The zero-order chi connectivity index (χ0) is 34.3. The van der Waals surface area contributed by atoms with Crippen molar-refractivity contribution in [3.05, 3.63) is 107 Å². The molecule has 4 aromatic rings. The van der Waals surface area contributed by atoms with Gasteiger partial charge in [0.15, 0.2) is 5.82 Å². The SMILES string of the molecule is Cc1cc2cc(NC(/N=C3\CCCCN(CC(=O)N4CCCC4)C3=O)=C(\N)C(=O)c3ccc(C(=O)NCc4ccncc4)cc3)ccc2o1. The number of hydrogen-bond acceptors (Lipinski definition) is 9. The van der Waals surface area contributed by atoms with Gasteiger partial charge >= 0.3 is 0 Å². The first kappa shape index (κ1) is 33.1. The molecule has 2 aromatic carbocycles. The van der Waals surface area contributed by atoms with Gasteiger partial charge in [-0.3, -0.25) is 24.2 Å². The molecule has 2 saturated heterocycles. The number of nitrogens with zero attached hydrogens (tertiary/aromatic N) is 4. The van der Waals surface area contributed by atoms with Crippen LogP contribution in [0.2, 0.25) is 0 Å². The summed E-state index contributed by atoms with van der Waals surface area (Å²) in [6, 6.07) is 17.1. The zero-order valence-corrected chi connectivity index (χ0v) is 27.4. The lowest BCUT2D eigenvalue weighted by Gasteiger charge is -2.24. The van der Waals surface area contributed by atoms with Gasteiger partial charge in [-0.25, -0.2) is 4.99 Å². The van der Waals surface area contributed by atoms with E-state index < -0.39 is 5.78 Å². The number of furan rings is 1. The summed E-state index contributed by atoms with van der Waals surface area (Å²) in [5.74, 6) is -0.489. The Morgan fingerprint density at radius 2 is 1.63 bits per heavy atom. The van der Waals surface area contributed by atoms with Crippen molar-refractivity contribution in [1.82, 2.24) is 20.1 Å². The molecule has 0 atom stereocenters. The third-order valence-corrected chi connectivity index (χ3v) is 8.67. The first-order valence-electron chi connectivity index (χ1n) is 16.5. The fourth-order valence-electron chi connectivity index (χ4n) is 5.97. The molecule has 2 aliphatic heterocycles. The molecule has 0 unspecified atom stereocenters. The smallest absolute Gasteiger partial charge is 0.268 e. The molecule has 0 radical (unpaired) electrons. The topological polar surface area (TPSA) is 163 Å². The summed E-state index contributed by atoms with van der Waals surface area (Å²) in [6.07, 6.45) is 7.01. The molecule has 0 saturated carbocycles. The predicted octanol–water partition coefficient (Wildman–Crippen LogP) is 4.56. The number of benzene rings is 2. The van der Waals surface area contributed by atoms with Crippen molar-refractivity contribution < 1.29 is 23.6 Å². The summed E-state index contributed by atoms with van der Waals surface area (Å²) >= 11 is 0. The minimum absolute atomic E-state index is 0.0137. The van der Waals surface area contributed by atoms with E-state index in [0.29, 0.717) is 55.9 Å². The molecule has 4 N–H and O–H groups in total. The first-order valence-corrected chi connectivity index (χ1v) is 16.5. The minimum Gasteiger partial charge on any atom is -0.461 e. The largest absolute Gasteiger partial charge is 0.461 e. The van der Waals surface area contributed by atoms with E-state index in [4.69, 9.17) is 10.2 Å². The van der Waals surface area contributed by atoms with Crippen LogP contribution in [0, 0.1) is 6.92 Å². The molecular weight excluding hydrogens is 622 g/mol. The molecule has 4 heterocycles. The molecule has 12 nitrogen and oxygen atoms in total. The third-order valence-electron chi connectivity index (χ3n) is 8.67. The van der Waals surface area contributed by atoms with Crippen molar-refractivity contribution in [3.8, 4) is 0 Å². The number of likely N-dealkylation sites (tertiary alicyclic amines) is 2. The van der Waals surface area contributed by atoms with Crippen LogP contribution in [0.5, 0.6) is 0 Å². The Balaban J connectivity index is 1.27. The number of aliphatic imine (C=N–C) groups is 1. The highest BCUT2D eigenvalue weighted by atomic mass is 16.3. The Kier molecular flexibility index (Phi) is 10.1. The first-order chi connectivity index (χ1) is 23.7. The van der Waals surface area contributed by atoms with E-state index in [0.717, 1.165) is 36.0 Å². The van der Waals surface area contributed by atoms with Gasteiger partial charge in [-0.05, 0) is 93.1 Å². The molecule has 3 amide bonds. The van der Waals surface area contributed by atoms with Crippen molar-refractivity contribution >= 4 is 45.9 Å². The molecule has 12 heteroatoms. The van der Waals surface area contributed by atoms with Gasteiger partial charge in [0.2, 0.25) is 11.7 Å². The summed E-state index contributed by atoms with van der Waals surface area (Å²) in [4.78, 5) is 65.2. The predicted molar refractivity (Wildman–Crippen MR) is 186 cm³/mol. The average molecular weight is 662 g/mol. The molecule has 6 rings (SSSR count). The van der Waals surface area contributed by atoms with Crippen LogP contribution in [0.15, 0.2) is 94.0 Å². The van der Waals surface area contributed by atoms with Gasteiger partial charge < -0.3 is 30.6 Å². The highest BCUT2D eigenvalue weighted by Crippen LogP contribution is 2.25. The van der Waals surface area contributed by atoms with E-state index in [-0.39, 0.29) is 47.1 Å². The lowest BCUT2D eigenvalue weighted by Crippen LogP contribution is -2.44. The standard InChI is InChI=1S/C37H39N7O5/c1-24-20-28-21-29(11-12-31(28)49-24)41-35(42-30-6-2-3-19-44(37(30)48)23-32(45)43-17-4-5-18-43)33(38)34(46)26-7-9-27(10-8-26)36(47)40-22-25-13-15-39-16-14-25/h7-16,20-21,41H,2-6,17-19,22-23,38H2,1H3,(H,40,47)/b35-33+,42-30+. The quantitative estimate of drug-likeness (QED) is 0.165. The van der Waals surface area contributed by atoms with E-state index in [9.17, 15) is 19.2 Å². The number of carbonyl (C=O) groups is 4. The van der Waals surface area contributed by atoms with Crippen molar-refractivity contribution in [1.29, 1.82) is 0 Å². The number of anilines is 1. The molecule has 0 aliphatic carbocycles. The number of nitrogens with two attached hydrogens (primary N) is 1. The van der Waals surface area contributed by atoms with Crippen LogP contribution in [0.1, 0.15) is 64.1 Å². The van der Waals surface area contributed by atoms with Gasteiger partial charge in [0, 0.05) is 60.8 Å². The van der Waals surface area contributed by atoms with Gasteiger partial charge in [-0.2, -0.15) is 0 Å². The summed E-state index contributed by atoms with van der Waals surface area (Å²) in [6.45, 7) is 4.02. The average Bonchev–Trinajstić information content (AvgIpc) is 3.76. The number of nitrogens with one attached hydrogen (secondary N) is 2. The van der Waals surface area contributed by atoms with Crippen LogP contribution in [0.4, 0.5) is 5.69 Å². The van der Waals surface area contributed by atoms with Crippen molar-refractivity contribution in [2.24, 2.45) is 10.7 Å². The molecule has 49 heavy (non-hydrogen) atoms.